The van der Waals surface area contributed by atoms with Crippen molar-refractivity contribution in [3.05, 3.63) is 119 Å². The molecule has 0 bridgehead atoms. The van der Waals surface area contributed by atoms with Gasteiger partial charge in [0.1, 0.15) is 0 Å². The molecule has 0 aliphatic carbocycles. The van der Waals surface area contributed by atoms with Crippen molar-refractivity contribution < 1.29 is 39.4 Å². The molecular weight excluding hydrogens is 548 g/mol. The number of nitrogens with zero attached hydrogens (tertiary/aromatic N) is 4. The Morgan fingerprint density at radius 3 is 1.62 bits per heavy atom. The number of carboxylic acids is 1. The van der Waals surface area contributed by atoms with Gasteiger partial charge in [0.2, 0.25) is 0 Å². The van der Waals surface area contributed by atoms with Crippen molar-refractivity contribution in [3.8, 4) is 0 Å². The van der Waals surface area contributed by atoms with Crippen molar-refractivity contribution in [2.45, 2.75) is 0 Å². The van der Waals surface area contributed by atoms with Crippen LogP contribution in [-0.2, 0) is 9.88 Å². The molecule has 4 N–H and O–H groups in total. The van der Waals surface area contributed by atoms with Gasteiger partial charge in [-0.1, -0.05) is 17.1 Å². The molecule has 42 heavy (non-hydrogen) atoms. The average molecular weight is 569 g/mol. The van der Waals surface area contributed by atoms with Crippen LogP contribution in [-0.4, -0.2) is 34.1 Å². The second kappa shape index (κ2) is 13.8. The van der Waals surface area contributed by atoms with E-state index in [1.165, 1.54) is 84.3 Å². The summed E-state index contributed by atoms with van der Waals surface area (Å²) in [5.74, 6) is -3.36. The van der Waals surface area contributed by atoms with Crippen molar-refractivity contribution in [1.29, 1.82) is 0 Å². The zero-order valence-electron chi connectivity index (χ0n) is 21.4. The van der Waals surface area contributed by atoms with E-state index in [2.05, 4.69) is 30.3 Å². The first kappa shape index (κ1) is 28.9. The molecule has 210 valence electrons. The van der Waals surface area contributed by atoms with E-state index in [1.807, 2.05) is 5.48 Å². The highest BCUT2D eigenvalue weighted by Crippen LogP contribution is 2.22. The summed E-state index contributed by atoms with van der Waals surface area (Å²) in [6.45, 7) is 0. The Kier molecular flexibility index (Phi) is 9.48. The van der Waals surface area contributed by atoms with Gasteiger partial charge in [0.25, 0.3) is 11.8 Å². The third kappa shape index (κ3) is 7.95. The van der Waals surface area contributed by atoms with Gasteiger partial charge >= 0.3 is 11.9 Å². The van der Waals surface area contributed by atoms with Crippen LogP contribution in [0.1, 0.15) is 41.4 Å². The van der Waals surface area contributed by atoms with Gasteiger partial charge in [0, 0.05) is 11.1 Å². The summed E-state index contributed by atoms with van der Waals surface area (Å²) in [4.78, 5) is 56.3. The minimum absolute atomic E-state index is 0.0569. The molecular formula is C28H20N6O8. The molecule has 0 aliphatic rings. The molecule has 0 saturated heterocycles. The van der Waals surface area contributed by atoms with E-state index in [0.717, 1.165) is 0 Å². The lowest BCUT2D eigenvalue weighted by Crippen LogP contribution is -2.25. The Morgan fingerprint density at radius 1 is 0.571 bits per heavy atom. The minimum Gasteiger partial charge on any atom is -0.478 e. The number of aromatic carboxylic acids is 1. The highest BCUT2D eigenvalue weighted by molar-refractivity contribution is 5.94. The van der Waals surface area contributed by atoms with Crippen molar-refractivity contribution in [3.63, 3.8) is 0 Å². The summed E-state index contributed by atoms with van der Waals surface area (Å²) in [6.07, 6.45) is 0. The lowest BCUT2D eigenvalue weighted by molar-refractivity contribution is -0.273. The molecule has 0 atom stereocenters. The zero-order valence-corrected chi connectivity index (χ0v) is 21.4. The van der Waals surface area contributed by atoms with Crippen LogP contribution >= 0.6 is 0 Å². The standard InChI is InChI=1S/C28H20N6O8/c35-25(33-40)19-3-1-5-23(15-19)31-32-24-6-2-4-20(16-24)28(39)41-42-34-26(36)17-7-11-21(12-8-17)29-30-22-13-9-18(10-14-22)27(37)38/h1-16,40H,(H,33,35)(H,34,36)(H,37,38). The third-order valence-electron chi connectivity index (χ3n) is 5.35. The SMILES string of the molecule is O=C(O)c1ccc(N=Nc2ccc(C(=O)NOOC(=O)c3cccc(N=Nc4cccc(C(=O)NO)c4)c3)cc2)cc1. The Hall–Kier alpha value is -6.12. The third-order valence-corrected chi connectivity index (χ3v) is 5.35. The van der Waals surface area contributed by atoms with Gasteiger partial charge in [-0.15, -0.1) is 0 Å². The molecule has 0 saturated carbocycles. The van der Waals surface area contributed by atoms with Crippen molar-refractivity contribution in [2.24, 2.45) is 20.5 Å². The highest BCUT2D eigenvalue weighted by atomic mass is 17.3. The van der Waals surface area contributed by atoms with Gasteiger partial charge in [-0.05, 0) is 84.9 Å². The number of nitrogens with one attached hydrogen (secondary N) is 2. The van der Waals surface area contributed by atoms with Crippen molar-refractivity contribution >= 4 is 46.5 Å². The molecule has 2 amide bonds. The van der Waals surface area contributed by atoms with E-state index in [1.54, 1.807) is 18.2 Å². The van der Waals surface area contributed by atoms with E-state index in [-0.39, 0.29) is 22.3 Å². The maximum atomic E-state index is 12.3. The number of hydroxylamine groups is 2. The first-order chi connectivity index (χ1) is 20.3. The van der Waals surface area contributed by atoms with Gasteiger partial charge in [0.05, 0.1) is 33.9 Å². The predicted molar refractivity (Wildman–Crippen MR) is 144 cm³/mol. The maximum absolute atomic E-state index is 12.3. The number of rotatable bonds is 10. The van der Waals surface area contributed by atoms with Crippen LogP contribution in [0.4, 0.5) is 22.7 Å². The van der Waals surface area contributed by atoms with E-state index < -0.39 is 23.8 Å². The average Bonchev–Trinajstić information content (AvgIpc) is 3.03. The summed E-state index contributed by atoms with van der Waals surface area (Å²) in [5.41, 5.74) is 5.57. The first-order valence-corrected chi connectivity index (χ1v) is 11.9. The molecule has 0 radical (unpaired) electrons. The molecule has 14 nitrogen and oxygen atoms in total. The van der Waals surface area contributed by atoms with Gasteiger partial charge in [-0.25, -0.2) is 15.1 Å². The molecule has 0 fully saturated rings. The summed E-state index contributed by atoms with van der Waals surface area (Å²) in [5, 5.41) is 33.7. The van der Waals surface area contributed by atoms with Crippen LogP contribution in [0.2, 0.25) is 0 Å². The molecule has 0 aliphatic heterocycles. The van der Waals surface area contributed by atoms with E-state index in [4.69, 9.17) is 10.3 Å². The van der Waals surface area contributed by atoms with Gasteiger partial charge in [-0.2, -0.15) is 25.9 Å². The minimum atomic E-state index is -1.04. The molecule has 4 aromatic rings. The van der Waals surface area contributed by atoms with Crippen LogP contribution in [0.15, 0.2) is 118 Å². The molecule has 0 unspecified atom stereocenters. The van der Waals surface area contributed by atoms with Gasteiger partial charge in [-0.3, -0.25) is 19.7 Å². The second-order valence-electron chi connectivity index (χ2n) is 8.23. The monoisotopic (exact) mass is 568 g/mol. The molecule has 4 rings (SSSR count). The van der Waals surface area contributed by atoms with E-state index in [9.17, 15) is 19.2 Å². The van der Waals surface area contributed by atoms with E-state index in [0.29, 0.717) is 22.7 Å². The highest BCUT2D eigenvalue weighted by Gasteiger charge is 2.12. The first-order valence-electron chi connectivity index (χ1n) is 11.9. The Morgan fingerprint density at radius 2 is 1.07 bits per heavy atom. The van der Waals surface area contributed by atoms with Crippen LogP contribution < -0.4 is 11.0 Å². The molecule has 0 heterocycles. The zero-order chi connectivity index (χ0) is 29.9. The lowest BCUT2D eigenvalue weighted by atomic mass is 10.2. The van der Waals surface area contributed by atoms with Crippen molar-refractivity contribution in [2.75, 3.05) is 0 Å². The Balaban J connectivity index is 1.27. The number of benzene rings is 4. The van der Waals surface area contributed by atoms with Gasteiger partial charge in [0.15, 0.2) is 0 Å². The number of amides is 2. The van der Waals surface area contributed by atoms with Crippen LogP contribution in [0.3, 0.4) is 0 Å². The Bertz CT molecular complexity index is 1670. The summed E-state index contributed by atoms with van der Waals surface area (Å²) in [7, 11) is 0. The fraction of sp³-hybridized carbons (Fsp3) is 0. The Labute approximate surface area is 236 Å². The lowest BCUT2D eigenvalue weighted by Gasteiger charge is -2.05. The number of hydrogen-bond donors (Lipinski definition) is 4. The van der Waals surface area contributed by atoms with Crippen LogP contribution in [0, 0.1) is 0 Å². The number of carboxylic acid groups (broad SMARTS) is 1. The number of hydrogen-bond acceptors (Lipinski definition) is 11. The summed E-state index contributed by atoms with van der Waals surface area (Å²) >= 11 is 0. The largest absolute Gasteiger partial charge is 0.478 e. The number of carbonyl (C=O) groups is 4. The molecule has 0 aromatic heterocycles. The smallest absolute Gasteiger partial charge is 0.375 e. The summed E-state index contributed by atoms with van der Waals surface area (Å²) < 4.78 is 0. The molecule has 4 aromatic carbocycles. The maximum Gasteiger partial charge on any atom is 0.375 e. The fourth-order valence-corrected chi connectivity index (χ4v) is 3.25. The predicted octanol–water partition coefficient (Wildman–Crippen LogP) is 5.77. The second-order valence-corrected chi connectivity index (χ2v) is 8.23. The fourth-order valence-electron chi connectivity index (χ4n) is 3.25. The van der Waals surface area contributed by atoms with Crippen molar-refractivity contribution in [1.82, 2.24) is 11.0 Å². The normalized spacial score (nSPS) is 10.9. The topological polar surface area (TPSA) is 201 Å². The summed E-state index contributed by atoms with van der Waals surface area (Å²) in [6, 6.07) is 23.7. The molecule has 0 spiro atoms. The molecule has 14 heteroatoms. The van der Waals surface area contributed by atoms with Crippen LogP contribution in [0.25, 0.3) is 0 Å². The van der Waals surface area contributed by atoms with Gasteiger partial charge < -0.3 is 5.11 Å². The number of azo groups is 2. The quantitative estimate of drug-likeness (QED) is 0.0799. The van der Waals surface area contributed by atoms with Crippen LogP contribution in [0.5, 0.6) is 0 Å². The van der Waals surface area contributed by atoms with E-state index >= 15 is 0 Å². The number of carbonyl (C=O) groups excluding carboxylic acids is 3.